The van der Waals surface area contributed by atoms with E-state index in [9.17, 15) is 14.3 Å². The summed E-state index contributed by atoms with van der Waals surface area (Å²) in [6, 6.07) is 4.48. The van der Waals surface area contributed by atoms with Crippen molar-refractivity contribution in [3.63, 3.8) is 0 Å². The van der Waals surface area contributed by atoms with Crippen molar-refractivity contribution >= 4 is 21.9 Å². The monoisotopic (exact) mass is 341 g/mol. The number of halogens is 2. The van der Waals surface area contributed by atoms with Crippen molar-refractivity contribution in [3.05, 3.63) is 39.9 Å². The van der Waals surface area contributed by atoms with Crippen LogP contribution >= 0.6 is 15.9 Å². The van der Waals surface area contributed by atoms with Gasteiger partial charge in [0.05, 0.1) is 5.69 Å². The van der Waals surface area contributed by atoms with Gasteiger partial charge >= 0.3 is 5.97 Å². The molecule has 7 heteroatoms. The highest BCUT2D eigenvalue weighted by atomic mass is 79.9. The molecular formula is C13H13BrFN3O2. The Bertz CT molecular complexity index is 677. The zero-order valence-electron chi connectivity index (χ0n) is 11.2. The molecule has 0 aliphatic carbocycles. The van der Waals surface area contributed by atoms with Crippen LogP contribution in [0.25, 0.3) is 5.69 Å². The molecule has 0 saturated heterocycles. The van der Waals surface area contributed by atoms with Gasteiger partial charge in [-0.05, 0) is 18.2 Å². The highest BCUT2D eigenvalue weighted by molar-refractivity contribution is 9.10. The summed E-state index contributed by atoms with van der Waals surface area (Å²) in [7, 11) is 0. The molecule has 106 valence electrons. The third kappa shape index (κ3) is 2.58. The van der Waals surface area contributed by atoms with Crippen molar-refractivity contribution in [2.24, 2.45) is 0 Å². The van der Waals surface area contributed by atoms with Crippen LogP contribution in [0.15, 0.2) is 22.7 Å². The van der Waals surface area contributed by atoms with Gasteiger partial charge in [0.15, 0.2) is 5.69 Å². The Balaban J connectivity index is 2.72. The van der Waals surface area contributed by atoms with Gasteiger partial charge in [0.25, 0.3) is 0 Å². The quantitative estimate of drug-likeness (QED) is 0.910. The minimum absolute atomic E-state index is 0.165. The second-order valence-electron chi connectivity index (χ2n) is 5.35. The van der Waals surface area contributed by atoms with Gasteiger partial charge in [0.1, 0.15) is 11.5 Å². The number of rotatable bonds is 2. The number of hydrogen-bond donors (Lipinski definition) is 1. The first-order chi connectivity index (χ1) is 9.21. The van der Waals surface area contributed by atoms with Gasteiger partial charge in [-0.1, -0.05) is 41.9 Å². The van der Waals surface area contributed by atoms with Gasteiger partial charge in [0, 0.05) is 9.89 Å². The molecule has 0 aliphatic heterocycles. The predicted octanol–water partition coefficient (Wildman–Crippen LogP) is 3.16. The molecule has 0 saturated carbocycles. The number of carboxylic acids is 1. The molecule has 1 N–H and O–H groups in total. The summed E-state index contributed by atoms with van der Waals surface area (Å²) in [5, 5.41) is 16.6. The van der Waals surface area contributed by atoms with Crippen molar-refractivity contribution in [2.45, 2.75) is 26.2 Å². The van der Waals surface area contributed by atoms with Gasteiger partial charge < -0.3 is 5.11 Å². The van der Waals surface area contributed by atoms with E-state index in [0.717, 1.165) is 0 Å². The maximum atomic E-state index is 14.0. The molecule has 1 heterocycles. The molecule has 1 aromatic heterocycles. The van der Waals surface area contributed by atoms with Crippen molar-refractivity contribution in [1.29, 1.82) is 0 Å². The second-order valence-corrected chi connectivity index (χ2v) is 6.27. The number of nitrogens with zero attached hydrogens (tertiary/aromatic N) is 3. The first-order valence-corrected chi connectivity index (χ1v) is 6.66. The summed E-state index contributed by atoms with van der Waals surface area (Å²) in [5.74, 6) is -1.69. The molecule has 2 rings (SSSR count). The normalized spacial score (nSPS) is 11.7. The highest BCUT2D eigenvalue weighted by Gasteiger charge is 2.30. The lowest BCUT2D eigenvalue weighted by atomic mass is 9.90. The number of benzene rings is 1. The van der Waals surface area contributed by atoms with Gasteiger partial charge in [-0.15, -0.1) is 5.10 Å². The molecule has 0 radical (unpaired) electrons. The van der Waals surface area contributed by atoms with Crippen LogP contribution in [0, 0.1) is 5.82 Å². The first kappa shape index (κ1) is 14.6. The number of hydrogen-bond acceptors (Lipinski definition) is 3. The van der Waals surface area contributed by atoms with E-state index < -0.39 is 17.2 Å². The Morgan fingerprint density at radius 2 is 2.05 bits per heavy atom. The maximum Gasteiger partial charge on any atom is 0.358 e. The summed E-state index contributed by atoms with van der Waals surface area (Å²) in [6.45, 7) is 5.47. The SMILES string of the molecule is CC(C)(C)c1c(C(=O)O)nnn1-c1ccc(Br)cc1F. The first-order valence-electron chi connectivity index (χ1n) is 5.86. The third-order valence-electron chi connectivity index (χ3n) is 2.72. The summed E-state index contributed by atoms with van der Waals surface area (Å²) >= 11 is 3.18. The van der Waals surface area contributed by atoms with E-state index in [1.165, 1.54) is 16.8 Å². The Morgan fingerprint density at radius 3 is 2.55 bits per heavy atom. The van der Waals surface area contributed by atoms with E-state index in [1.54, 1.807) is 6.07 Å². The topological polar surface area (TPSA) is 68.0 Å². The Hall–Kier alpha value is -1.76. The zero-order valence-corrected chi connectivity index (χ0v) is 12.8. The van der Waals surface area contributed by atoms with E-state index in [2.05, 4.69) is 26.2 Å². The fraction of sp³-hybridized carbons (Fsp3) is 0.308. The standard InChI is InChI=1S/C13H13BrFN3O2/c1-13(2,3)11-10(12(19)20)16-17-18(11)9-5-4-7(14)6-8(9)15/h4-6H,1-3H3,(H,19,20). The molecule has 1 aromatic carbocycles. The van der Waals surface area contributed by atoms with Crippen LogP contribution < -0.4 is 0 Å². The Kier molecular flexibility index (Phi) is 3.64. The van der Waals surface area contributed by atoms with Gasteiger partial charge in [-0.2, -0.15) is 0 Å². The smallest absolute Gasteiger partial charge is 0.358 e. The molecule has 0 amide bonds. The largest absolute Gasteiger partial charge is 0.476 e. The van der Waals surface area contributed by atoms with E-state index in [0.29, 0.717) is 10.2 Å². The molecule has 0 bridgehead atoms. The van der Waals surface area contributed by atoms with Crippen LogP contribution in [0.1, 0.15) is 37.0 Å². The van der Waals surface area contributed by atoms with E-state index in [1.807, 2.05) is 20.8 Å². The minimum atomic E-state index is -1.18. The Morgan fingerprint density at radius 1 is 1.40 bits per heavy atom. The van der Waals surface area contributed by atoms with Crippen molar-refractivity contribution in [3.8, 4) is 5.69 Å². The molecule has 0 fully saturated rings. The fourth-order valence-electron chi connectivity index (χ4n) is 1.92. The number of carbonyl (C=O) groups is 1. The van der Waals surface area contributed by atoms with E-state index >= 15 is 0 Å². The van der Waals surface area contributed by atoms with Crippen LogP contribution in [0.4, 0.5) is 4.39 Å². The number of aromatic nitrogens is 3. The molecular weight excluding hydrogens is 329 g/mol. The van der Waals surface area contributed by atoms with E-state index in [-0.39, 0.29) is 11.4 Å². The molecule has 5 nitrogen and oxygen atoms in total. The highest BCUT2D eigenvalue weighted by Crippen LogP contribution is 2.28. The minimum Gasteiger partial charge on any atom is -0.476 e. The predicted molar refractivity (Wildman–Crippen MR) is 74.7 cm³/mol. The van der Waals surface area contributed by atoms with Crippen LogP contribution in [-0.4, -0.2) is 26.1 Å². The molecule has 0 atom stereocenters. The lowest BCUT2D eigenvalue weighted by Crippen LogP contribution is -2.21. The van der Waals surface area contributed by atoms with E-state index in [4.69, 9.17) is 0 Å². The lowest BCUT2D eigenvalue weighted by Gasteiger charge is -2.20. The molecule has 20 heavy (non-hydrogen) atoms. The maximum absolute atomic E-state index is 14.0. The van der Waals surface area contributed by atoms with Crippen LogP contribution in [0.3, 0.4) is 0 Å². The Labute approximate surface area is 123 Å². The fourth-order valence-corrected chi connectivity index (χ4v) is 2.25. The summed E-state index contributed by atoms with van der Waals surface area (Å²) in [4.78, 5) is 11.2. The van der Waals surface area contributed by atoms with Crippen molar-refractivity contribution in [2.75, 3.05) is 0 Å². The van der Waals surface area contributed by atoms with Crippen LogP contribution in [0.2, 0.25) is 0 Å². The number of carboxylic acid groups (broad SMARTS) is 1. The third-order valence-corrected chi connectivity index (χ3v) is 3.21. The second kappa shape index (κ2) is 4.97. The van der Waals surface area contributed by atoms with Crippen LogP contribution in [0.5, 0.6) is 0 Å². The summed E-state index contributed by atoms with van der Waals surface area (Å²) in [5.41, 5.74) is -0.194. The summed E-state index contributed by atoms with van der Waals surface area (Å²) in [6.07, 6.45) is 0. The van der Waals surface area contributed by atoms with Crippen molar-refractivity contribution < 1.29 is 14.3 Å². The van der Waals surface area contributed by atoms with Gasteiger partial charge in [-0.25, -0.2) is 13.9 Å². The average molecular weight is 342 g/mol. The van der Waals surface area contributed by atoms with Gasteiger partial charge in [0.2, 0.25) is 0 Å². The molecule has 0 aliphatic rings. The molecule has 0 unspecified atom stereocenters. The number of aromatic carboxylic acids is 1. The average Bonchev–Trinajstić information content (AvgIpc) is 2.73. The molecule has 2 aromatic rings. The van der Waals surface area contributed by atoms with Gasteiger partial charge in [-0.3, -0.25) is 0 Å². The molecule has 0 spiro atoms. The summed E-state index contributed by atoms with van der Waals surface area (Å²) < 4.78 is 15.9. The van der Waals surface area contributed by atoms with Crippen LogP contribution in [-0.2, 0) is 5.41 Å². The van der Waals surface area contributed by atoms with Crippen molar-refractivity contribution in [1.82, 2.24) is 15.0 Å². The zero-order chi connectivity index (χ0) is 15.1. The lowest BCUT2D eigenvalue weighted by molar-refractivity contribution is 0.0687.